The van der Waals surface area contributed by atoms with Crippen LogP contribution in [0, 0.1) is 10.1 Å². The fourth-order valence-corrected chi connectivity index (χ4v) is 2.16. The monoisotopic (exact) mass is 237 g/mol. The predicted molar refractivity (Wildman–Crippen MR) is 66.1 cm³/mol. The van der Waals surface area contributed by atoms with E-state index < -0.39 is 4.92 Å². The molecule has 0 unspecified atom stereocenters. The van der Waals surface area contributed by atoms with Crippen molar-refractivity contribution < 1.29 is 4.92 Å². The molecule has 5 nitrogen and oxygen atoms in total. The number of hydrogen-bond donors (Lipinski definition) is 1. The number of nitrogens with one attached hydrogen (secondary N) is 1. The quantitative estimate of drug-likeness (QED) is 0.634. The molecule has 0 spiro atoms. The first-order valence-corrected chi connectivity index (χ1v) is 5.93. The van der Waals surface area contributed by atoms with Gasteiger partial charge < -0.3 is 5.32 Å². The summed E-state index contributed by atoms with van der Waals surface area (Å²) < 4.78 is 0. The van der Waals surface area contributed by atoms with Crippen LogP contribution in [0.4, 0.5) is 11.4 Å². The van der Waals surface area contributed by atoms with Gasteiger partial charge in [0.25, 0.3) is 5.69 Å². The Morgan fingerprint density at radius 1 is 1.38 bits per heavy atom. The Morgan fingerprint density at radius 2 is 2.12 bits per heavy atom. The SMILES string of the molecule is O=[N+]([O-])c1ccc(NC2=NCCCS2)cc1. The maximum Gasteiger partial charge on any atom is 0.269 e. The molecule has 1 aliphatic heterocycles. The van der Waals surface area contributed by atoms with Crippen LogP contribution in [0.3, 0.4) is 0 Å². The molecule has 0 aliphatic carbocycles. The molecule has 84 valence electrons. The fraction of sp³-hybridized carbons (Fsp3) is 0.300. The Bertz CT molecular complexity index is 417. The zero-order valence-corrected chi connectivity index (χ0v) is 9.37. The van der Waals surface area contributed by atoms with Gasteiger partial charge in [-0.15, -0.1) is 0 Å². The lowest BCUT2D eigenvalue weighted by Gasteiger charge is -2.12. The van der Waals surface area contributed by atoms with Gasteiger partial charge in [-0.3, -0.25) is 15.1 Å². The van der Waals surface area contributed by atoms with Gasteiger partial charge in [-0.05, 0) is 18.6 Å². The van der Waals surface area contributed by atoms with Gasteiger partial charge >= 0.3 is 0 Å². The van der Waals surface area contributed by atoms with E-state index in [0.717, 1.165) is 29.6 Å². The molecule has 1 aliphatic rings. The molecular formula is C10H11N3O2S. The summed E-state index contributed by atoms with van der Waals surface area (Å²) in [6.45, 7) is 0.850. The van der Waals surface area contributed by atoms with Crippen LogP contribution in [0.5, 0.6) is 0 Å². The molecule has 0 aromatic heterocycles. The Kier molecular flexibility index (Phi) is 3.40. The number of nitro benzene ring substituents is 1. The van der Waals surface area contributed by atoms with E-state index in [1.54, 1.807) is 23.9 Å². The predicted octanol–water partition coefficient (Wildman–Crippen LogP) is 2.50. The number of amidine groups is 1. The molecular weight excluding hydrogens is 226 g/mol. The van der Waals surface area contributed by atoms with Gasteiger partial charge in [0, 0.05) is 30.1 Å². The number of hydrogen-bond acceptors (Lipinski definition) is 5. The smallest absolute Gasteiger partial charge is 0.269 e. The number of benzene rings is 1. The number of nitrogens with zero attached hydrogens (tertiary/aromatic N) is 2. The van der Waals surface area contributed by atoms with E-state index in [2.05, 4.69) is 10.3 Å². The summed E-state index contributed by atoms with van der Waals surface area (Å²) in [6, 6.07) is 6.35. The van der Waals surface area contributed by atoms with Crippen LogP contribution in [-0.2, 0) is 0 Å². The van der Waals surface area contributed by atoms with Crippen LogP contribution in [0.15, 0.2) is 29.3 Å². The van der Waals surface area contributed by atoms with Crippen molar-refractivity contribution in [2.24, 2.45) is 4.99 Å². The van der Waals surface area contributed by atoms with Gasteiger partial charge in [0.05, 0.1) is 4.92 Å². The van der Waals surface area contributed by atoms with E-state index >= 15 is 0 Å². The normalized spacial score (nSPS) is 15.4. The van der Waals surface area contributed by atoms with Gasteiger partial charge in [-0.2, -0.15) is 0 Å². The first-order valence-electron chi connectivity index (χ1n) is 4.94. The third-order valence-electron chi connectivity index (χ3n) is 2.13. The minimum Gasteiger partial charge on any atom is -0.335 e. The van der Waals surface area contributed by atoms with E-state index in [1.807, 2.05) is 0 Å². The molecule has 1 aromatic carbocycles. The number of rotatable bonds is 2. The second kappa shape index (κ2) is 4.98. The average Bonchev–Trinajstić information content (AvgIpc) is 2.31. The molecule has 2 rings (SSSR count). The molecule has 0 radical (unpaired) electrons. The highest BCUT2D eigenvalue weighted by molar-refractivity contribution is 8.14. The molecule has 1 aromatic rings. The van der Waals surface area contributed by atoms with Crippen molar-refractivity contribution in [3.05, 3.63) is 34.4 Å². The Balaban J connectivity index is 2.04. The summed E-state index contributed by atoms with van der Waals surface area (Å²) in [4.78, 5) is 14.4. The van der Waals surface area contributed by atoms with Crippen LogP contribution in [0.2, 0.25) is 0 Å². The molecule has 0 fully saturated rings. The van der Waals surface area contributed by atoms with Crippen molar-refractivity contribution in [2.45, 2.75) is 6.42 Å². The summed E-state index contributed by atoms with van der Waals surface area (Å²) in [7, 11) is 0. The standard InChI is InChI=1S/C10H11N3O2S/c14-13(15)9-4-2-8(3-5-9)12-10-11-6-1-7-16-10/h2-5H,1,6-7H2,(H,11,12). The van der Waals surface area contributed by atoms with E-state index in [-0.39, 0.29) is 5.69 Å². The van der Waals surface area contributed by atoms with Crippen molar-refractivity contribution in [3.8, 4) is 0 Å². The van der Waals surface area contributed by atoms with Crippen molar-refractivity contribution in [2.75, 3.05) is 17.6 Å². The van der Waals surface area contributed by atoms with Gasteiger partial charge in [0.1, 0.15) is 0 Å². The Labute approximate surface area is 97.1 Å². The molecule has 1 N–H and O–H groups in total. The number of non-ortho nitro benzene ring substituents is 1. The highest BCUT2D eigenvalue weighted by Gasteiger charge is 2.07. The van der Waals surface area contributed by atoms with Gasteiger partial charge in [0.15, 0.2) is 5.17 Å². The highest BCUT2D eigenvalue weighted by atomic mass is 32.2. The Hall–Kier alpha value is -1.56. The topological polar surface area (TPSA) is 67.5 Å². The van der Waals surface area contributed by atoms with Crippen LogP contribution in [0.1, 0.15) is 6.42 Å². The van der Waals surface area contributed by atoms with Crippen LogP contribution in [0.25, 0.3) is 0 Å². The maximum atomic E-state index is 10.5. The molecule has 0 saturated carbocycles. The van der Waals surface area contributed by atoms with Gasteiger partial charge in [0.2, 0.25) is 0 Å². The van der Waals surface area contributed by atoms with E-state index in [9.17, 15) is 10.1 Å². The summed E-state index contributed by atoms with van der Waals surface area (Å²) in [5.74, 6) is 1.07. The van der Waals surface area contributed by atoms with Gasteiger partial charge in [-0.1, -0.05) is 11.8 Å². The lowest BCUT2D eigenvalue weighted by molar-refractivity contribution is -0.384. The van der Waals surface area contributed by atoms with E-state index in [1.165, 1.54) is 12.1 Å². The summed E-state index contributed by atoms with van der Waals surface area (Å²) in [6.07, 6.45) is 1.11. The molecule has 16 heavy (non-hydrogen) atoms. The van der Waals surface area contributed by atoms with Gasteiger partial charge in [-0.25, -0.2) is 0 Å². The lowest BCUT2D eigenvalue weighted by atomic mass is 10.3. The number of thioether (sulfide) groups is 1. The van der Waals surface area contributed by atoms with Crippen molar-refractivity contribution >= 4 is 28.3 Å². The highest BCUT2D eigenvalue weighted by Crippen LogP contribution is 2.19. The molecule has 0 saturated heterocycles. The molecule has 1 heterocycles. The first kappa shape index (κ1) is 10.9. The van der Waals surface area contributed by atoms with Crippen LogP contribution < -0.4 is 5.32 Å². The van der Waals surface area contributed by atoms with E-state index in [0.29, 0.717) is 0 Å². The second-order valence-corrected chi connectivity index (χ2v) is 4.40. The number of anilines is 1. The van der Waals surface area contributed by atoms with Crippen LogP contribution >= 0.6 is 11.8 Å². The van der Waals surface area contributed by atoms with E-state index in [4.69, 9.17) is 0 Å². The first-order chi connectivity index (χ1) is 7.75. The summed E-state index contributed by atoms with van der Waals surface area (Å²) in [5, 5.41) is 14.5. The average molecular weight is 237 g/mol. The second-order valence-electron chi connectivity index (χ2n) is 3.32. The molecule has 0 atom stereocenters. The minimum absolute atomic E-state index is 0.101. The zero-order chi connectivity index (χ0) is 11.4. The Morgan fingerprint density at radius 3 is 2.69 bits per heavy atom. The minimum atomic E-state index is -0.406. The summed E-state index contributed by atoms with van der Waals surface area (Å²) >= 11 is 1.67. The third-order valence-corrected chi connectivity index (χ3v) is 3.12. The zero-order valence-electron chi connectivity index (χ0n) is 8.55. The van der Waals surface area contributed by atoms with Crippen LogP contribution in [-0.4, -0.2) is 22.4 Å². The molecule has 0 bridgehead atoms. The third kappa shape index (κ3) is 2.73. The van der Waals surface area contributed by atoms with Crippen molar-refractivity contribution in [1.82, 2.24) is 0 Å². The van der Waals surface area contributed by atoms with Crippen molar-refractivity contribution in [3.63, 3.8) is 0 Å². The largest absolute Gasteiger partial charge is 0.335 e. The number of nitro groups is 1. The maximum absolute atomic E-state index is 10.5. The summed E-state index contributed by atoms with van der Waals surface area (Å²) in [5.41, 5.74) is 0.933. The molecule has 6 heteroatoms. The lowest BCUT2D eigenvalue weighted by Crippen LogP contribution is -2.13. The molecule has 0 amide bonds. The fourth-order valence-electron chi connectivity index (χ4n) is 1.33. The number of aliphatic imine (C=N–C) groups is 1. The van der Waals surface area contributed by atoms with Crippen molar-refractivity contribution in [1.29, 1.82) is 0 Å².